The highest BCUT2D eigenvalue weighted by atomic mass is 35.5. The van der Waals surface area contributed by atoms with Gasteiger partial charge in [0.1, 0.15) is 4.90 Å². The van der Waals surface area contributed by atoms with E-state index in [9.17, 15) is 18.0 Å². The molecule has 8 nitrogen and oxygen atoms in total. The fourth-order valence-electron chi connectivity index (χ4n) is 2.43. The summed E-state index contributed by atoms with van der Waals surface area (Å²) >= 11 is 6.01. The van der Waals surface area contributed by atoms with Crippen molar-refractivity contribution in [1.82, 2.24) is 9.79 Å². The van der Waals surface area contributed by atoms with Gasteiger partial charge in [0.2, 0.25) is 0 Å². The van der Waals surface area contributed by atoms with Gasteiger partial charge in [-0.05, 0) is 42.8 Å². The molecule has 0 unspecified atom stereocenters. The van der Waals surface area contributed by atoms with E-state index < -0.39 is 15.9 Å². The van der Waals surface area contributed by atoms with Crippen LogP contribution in [0.1, 0.15) is 26.3 Å². The van der Waals surface area contributed by atoms with Crippen LogP contribution in [-0.4, -0.2) is 45.9 Å². The number of halogens is 1. The Hall–Kier alpha value is -2.46. The predicted molar refractivity (Wildman–Crippen MR) is 106 cm³/mol. The first-order valence-corrected chi connectivity index (χ1v) is 9.91. The van der Waals surface area contributed by atoms with Crippen LogP contribution in [0, 0.1) is 6.92 Å². The molecule has 2 amide bonds. The number of anilines is 1. The lowest BCUT2D eigenvalue weighted by Crippen LogP contribution is -2.26. The zero-order chi connectivity index (χ0) is 21.1. The number of benzene rings is 2. The zero-order valence-corrected chi connectivity index (χ0v) is 17.3. The van der Waals surface area contributed by atoms with Crippen molar-refractivity contribution in [3.05, 3.63) is 58.1 Å². The van der Waals surface area contributed by atoms with Crippen LogP contribution in [0.5, 0.6) is 0 Å². The molecule has 0 radical (unpaired) electrons. The molecule has 0 bridgehead atoms. The third-order valence-electron chi connectivity index (χ3n) is 4.12. The summed E-state index contributed by atoms with van der Waals surface area (Å²) in [5.74, 6) is -0.832. The average molecular weight is 426 g/mol. The molecule has 28 heavy (non-hydrogen) atoms. The Balaban J connectivity index is 2.39. The molecule has 2 aromatic rings. The van der Waals surface area contributed by atoms with Gasteiger partial charge in [0.15, 0.2) is 0 Å². The Labute approximate surface area is 168 Å². The van der Waals surface area contributed by atoms with Gasteiger partial charge in [0.05, 0.1) is 12.1 Å². The molecular weight excluding hydrogens is 406 g/mol. The molecule has 150 valence electrons. The molecule has 10 heteroatoms. The maximum atomic E-state index is 12.7. The molecule has 0 aliphatic rings. The number of hydrogen-bond donors (Lipinski definition) is 2. The third-order valence-corrected chi connectivity index (χ3v) is 6.28. The van der Waals surface area contributed by atoms with E-state index in [0.717, 1.165) is 0 Å². The monoisotopic (exact) mass is 425 g/mol. The molecule has 0 aromatic heterocycles. The molecule has 0 saturated carbocycles. The number of nitrogens with one attached hydrogen (secondary N) is 2. The molecule has 2 rings (SSSR count). The summed E-state index contributed by atoms with van der Waals surface area (Å²) in [5, 5.41) is 5.17. The minimum Gasteiger partial charge on any atom is -0.355 e. The van der Waals surface area contributed by atoms with Crippen LogP contribution in [0.15, 0.2) is 41.3 Å². The minimum absolute atomic E-state index is 0.0433. The van der Waals surface area contributed by atoms with Crippen molar-refractivity contribution in [3.8, 4) is 0 Å². The van der Waals surface area contributed by atoms with Crippen molar-refractivity contribution in [2.24, 2.45) is 0 Å². The Bertz CT molecular complexity index is 1020. The smallest absolute Gasteiger partial charge is 0.266 e. The third kappa shape index (κ3) is 4.33. The van der Waals surface area contributed by atoms with E-state index in [1.165, 1.54) is 39.4 Å². The highest BCUT2D eigenvalue weighted by Crippen LogP contribution is 2.26. The number of carbonyl (C=O) groups is 2. The zero-order valence-electron chi connectivity index (χ0n) is 15.7. The molecular formula is C18H20ClN3O5S. The Kier molecular flexibility index (Phi) is 6.78. The number of hydrogen-bond acceptors (Lipinski definition) is 5. The van der Waals surface area contributed by atoms with Gasteiger partial charge in [0, 0.05) is 30.9 Å². The Morgan fingerprint density at radius 2 is 1.82 bits per heavy atom. The molecule has 0 atom stereocenters. The maximum absolute atomic E-state index is 12.7. The quantitative estimate of drug-likeness (QED) is 0.691. The van der Waals surface area contributed by atoms with Crippen LogP contribution in [-0.2, 0) is 14.9 Å². The fraction of sp³-hybridized carbons (Fsp3) is 0.222. The van der Waals surface area contributed by atoms with Crippen molar-refractivity contribution >= 4 is 39.1 Å². The predicted octanol–water partition coefficient (Wildman–Crippen LogP) is 2.44. The first kappa shape index (κ1) is 21.8. The lowest BCUT2D eigenvalue weighted by Gasteiger charge is -2.16. The molecule has 0 aliphatic heterocycles. The van der Waals surface area contributed by atoms with E-state index in [1.807, 2.05) is 0 Å². The van der Waals surface area contributed by atoms with Gasteiger partial charge in [-0.3, -0.25) is 14.4 Å². The first-order valence-electron chi connectivity index (χ1n) is 8.09. The Morgan fingerprint density at radius 1 is 1.14 bits per heavy atom. The summed E-state index contributed by atoms with van der Waals surface area (Å²) in [6.07, 6.45) is 0. The number of nitrogens with zero attached hydrogens (tertiary/aromatic N) is 1. The molecule has 2 N–H and O–H groups in total. The van der Waals surface area contributed by atoms with Crippen molar-refractivity contribution in [1.29, 1.82) is 0 Å². The van der Waals surface area contributed by atoms with E-state index in [0.29, 0.717) is 21.3 Å². The van der Waals surface area contributed by atoms with Crippen molar-refractivity contribution < 1.29 is 22.8 Å². The van der Waals surface area contributed by atoms with Crippen molar-refractivity contribution in [2.75, 3.05) is 26.5 Å². The minimum atomic E-state index is -4.03. The number of carbonyl (C=O) groups excluding carboxylic acids is 2. The number of hydroxylamine groups is 1. The van der Waals surface area contributed by atoms with E-state index in [2.05, 4.69) is 10.6 Å². The van der Waals surface area contributed by atoms with E-state index in [-0.39, 0.29) is 21.4 Å². The second kappa shape index (κ2) is 8.70. The van der Waals surface area contributed by atoms with Crippen LogP contribution in [0.25, 0.3) is 0 Å². The largest absolute Gasteiger partial charge is 0.355 e. The molecule has 0 aliphatic carbocycles. The van der Waals surface area contributed by atoms with Crippen LogP contribution in [0.4, 0.5) is 5.69 Å². The normalized spacial score (nSPS) is 11.4. The van der Waals surface area contributed by atoms with Gasteiger partial charge in [0.25, 0.3) is 21.8 Å². The molecule has 0 heterocycles. The molecule has 0 fully saturated rings. The number of sulfonamides is 1. The SMILES string of the molecule is CNC(=O)c1cccc(NC(=O)c2ccc(Cl)c(S(=O)(=O)N(C)OC)c2)c1C. The molecule has 0 saturated heterocycles. The lowest BCUT2D eigenvalue weighted by molar-refractivity contribution is -0.0258. The topological polar surface area (TPSA) is 105 Å². The number of rotatable bonds is 6. The number of amides is 2. The summed E-state index contributed by atoms with van der Waals surface area (Å²) in [5.41, 5.74) is 1.51. The van der Waals surface area contributed by atoms with Gasteiger partial charge >= 0.3 is 0 Å². The molecule has 2 aromatic carbocycles. The standard InChI is InChI=1S/C18H20ClN3O5S/c1-11-13(18(24)20-2)6-5-7-15(11)21-17(23)12-8-9-14(19)16(10-12)28(25,26)22(3)27-4/h5-10H,1-4H3,(H,20,24)(H,21,23). The van der Waals surface area contributed by atoms with Gasteiger partial charge < -0.3 is 10.6 Å². The van der Waals surface area contributed by atoms with E-state index in [4.69, 9.17) is 16.4 Å². The summed E-state index contributed by atoms with van der Waals surface area (Å²) in [6.45, 7) is 1.70. The van der Waals surface area contributed by atoms with Crippen LogP contribution >= 0.6 is 11.6 Å². The maximum Gasteiger partial charge on any atom is 0.266 e. The van der Waals surface area contributed by atoms with Crippen LogP contribution < -0.4 is 10.6 Å². The summed E-state index contributed by atoms with van der Waals surface area (Å²) in [7, 11) is -0.105. The average Bonchev–Trinajstić information content (AvgIpc) is 2.68. The summed E-state index contributed by atoms with van der Waals surface area (Å²) in [4.78, 5) is 29.0. The summed E-state index contributed by atoms with van der Waals surface area (Å²) < 4.78 is 25.6. The van der Waals surface area contributed by atoms with Crippen LogP contribution in [0.3, 0.4) is 0 Å². The second-order valence-corrected chi connectivity index (χ2v) is 8.07. The van der Waals surface area contributed by atoms with Gasteiger partial charge in [-0.25, -0.2) is 8.42 Å². The summed E-state index contributed by atoms with van der Waals surface area (Å²) in [6, 6.07) is 8.81. The van der Waals surface area contributed by atoms with E-state index in [1.54, 1.807) is 25.1 Å². The highest BCUT2D eigenvalue weighted by molar-refractivity contribution is 7.89. The fourth-order valence-corrected chi connectivity index (χ4v) is 3.90. The van der Waals surface area contributed by atoms with Gasteiger partial charge in [-0.1, -0.05) is 22.1 Å². The van der Waals surface area contributed by atoms with Crippen molar-refractivity contribution in [2.45, 2.75) is 11.8 Å². The molecule has 0 spiro atoms. The van der Waals surface area contributed by atoms with Gasteiger partial charge in [-0.2, -0.15) is 0 Å². The van der Waals surface area contributed by atoms with Gasteiger partial charge in [-0.15, -0.1) is 0 Å². The van der Waals surface area contributed by atoms with Crippen LogP contribution in [0.2, 0.25) is 5.02 Å². The Morgan fingerprint density at radius 3 is 2.43 bits per heavy atom. The lowest BCUT2D eigenvalue weighted by atomic mass is 10.1. The second-order valence-electron chi connectivity index (χ2n) is 5.75. The van der Waals surface area contributed by atoms with E-state index >= 15 is 0 Å². The first-order chi connectivity index (χ1) is 13.1. The van der Waals surface area contributed by atoms with Crippen molar-refractivity contribution in [3.63, 3.8) is 0 Å². The highest BCUT2D eigenvalue weighted by Gasteiger charge is 2.25.